The highest BCUT2D eigenvalue weighted by Gasteiger charge is 2.12. The molecule has 0 saturated carbocycles. The Bertz CT molecular complexity index is 889. The van der Waals surface area contributed by atoms with E-state index >= 15 is 0 Å². The molecule has 7 nitrogen and oxygen atoms in total. The maximum absolute atomic E-state index is 12.1. The van der Waals surface area contributed by atoms with E-state index in [0.717, 1.165) is 5.56 Å². The topological polar surface area (TPSA) is 97.1 Å². The van der Waals surface area contributed by atoms with Crippen LogP contribution < -0.4 is 10.6 Å². The van der Waals surface area contributed by atoms with E-state index in [9.17, 15) is 9.59 Å². The predicted molar refractivity (Wildman–Crippen MR) is 99.0 cm³/mol. The molecule has 2 amide bonds. The van der Waals surface area contributed by atoms with Crippen LogP contribution in [0.3, 0.4) is 0 Å². The van der Waals surface area contributed by atoms with Crippen molar-refractivity contribution in [2.24, 2.45) is 0 Å². The van der Waals surface area contributed by atoms with Gasteiger partial charge in [0, 0.05) is 41.6 Å². The summed E-state index contributed by atoms with van der Waals surface area (Å²) in [6.07, 6.45) is 0.551. The molecule has 3 rings (SSSR count). The number of nitrogens with zero attached hydrogens (tertiary/aromatic N) is 2. The molecule has 26 heavy (non-hydrogen) atoms. The Hall–Kier alpha value is -3.00. The Morgan fingerprint density at radius 2 is 2.15 bits per heavy atom. The van der Waals surface area contributed by atoms with Crippen LogP contribution in [-0.2, 0) is 11.2 Å². The summed E-state index contributed by atoms with van der Waals surface area (Å²) < 4.78 is 5.18. The second-order valence-corrected chi connectivity index (χ2v) is 6.29. The van der Waals surface area contributed by atoms with Gasteiger partial charge in [-0.3, -0.25) is 9.59 Å². The first kappa shape index (κ1) is 17.8. The highest BCUT2D eigenvalue weighted by atomic mass is 32.1. The van der Waals surface area contributed by atoms with Gasteiger partial charge in [-0.1, -0.05) is 11.2 Å². The Kier molecular flexibility index (Phi) is 5.75. The molecule has 3 aromatic rings. The average Bonchev–Trinajstić information content (AvgIpc) is 3.32. The molecule has 0 aliphatic rings. The minimum Gasteiger partial charge on any atom is -0.352 e. The second-order valence-electron chi connectivity index (χ2n) is 5.51. The number of carbonyl (C=O) groups excluding carboxylic acids is 2. The largest absolute Gasteiger partial charge is 0.352 e. The van der Waals surface area contributed by atoms with Gasteiger partial charge in [-0.2, -0.15) is 16.3 Å². The van der Waals surface area contributed by atoms with E-state index in [-0.39, 0.29) is 18.2 Å². The fourth-order valence-electron chi connectivity index (χ4n) is 2.31. The highest BCUT2D eigenvalue weighted by Crippen LogP contribution is 2.19. The van der Waals surface area contributed by atoms with Crippen molar-refractivity contribution in [1.82, 2.24) is 15.5 Å². The van der Waals surface area contributed by atoms with Crippen molar-refractivity contribution in [2.75, 3.05) is 11.9 Å². The minimum atomic E-state index is -0.187. The molecule has 0 spiro atoms. The van der Waals surface area contributed by atoms with Gasteiger partial charge in [0.05, 0.1) is 0 Å². The van der Waals surface area contributed by atoms with Gasteiger partial charge in [-0.15, -0.1) is 0 Å². The lowest BCUT2D eigenvalue weighted by Crippen LogP contribution is -2.22. The number of amides is 2. The SMILES string of the molecule is CCNC(=O)c1cccc(NC(=O)CCc2nc(-c3ccsc3)no2)c1. The molecule has 2 N–H and O–H groups in total. The lowest BCUT2D eigenvalue weighted by atomic mass is 10.2. The maximum atomic E-state index is 12.1. The molecular formula is C18H18N4O3S. The molecule has 0 saturated heterocycles. The summed E-state index contributed by atoms with van der Waals surface area (Å²) in [5, 5.41) is 13.3. The maximum Gasteiger partial charge on any atom is 0.251 e. The number of thiophene rings is 1. The number of nitrogens with one attached hydrogen (secondary N) is 2. The fourth-order valence-corrected chi connectivity index (χ4v) is 2.94. The van der Waals surface area contributed by atoms with E-state index in [1.807, 2.05) is 23.8 Å². The fraction of sp³-hybridized carbons (Fsp3) is 0.222. The van der Waals surface area contributed by atoms with Crippen molar-refractivity contribution < 1.29 is 14.1 Å². The number of benzene rings is 1. The van der Waals surface area contributed by atoms with Crippen LogP contribution in [0, 0.1) is 0 Å². The van der Waals surface area contributed by atoms with Crippen LogP contribution in [-0.4, -0.2) is 28.5 Å². The van der Waals surface area contributed by atoms with E-state index < -0.39 is 0 Å². The molecule has 0 bridgehead atoms. The van der Waals surface area contributed by atoms with Crippen molar-refractivity contribution in [2.45, 2.75) is 19.8 Å². The molecule has 2 aromatic heterocycles. The number of aryl methyl sites for hydroxylation is 1. The molecule has 2 heterocycles. The summed E-state index contributed by atoms with van der Waals surface area (Å²) in [5.74, 6) is 0.581. The van der Waals surface area contributed by atoms with Crippen LogP contribution in [0.1, 0.15) is 29.6 Å². The number of rotatable bonds is 7. The van der Waals surface area contributed by atoms with E-state index in [4.69, 9.17) is 4.52 Å². The van der Waals surface area contributed by atoms with E-state index in [2.05, 4.69) is 20.8 Å². The van der Waals surface area contributed by atoms with Crippen molar-refractivity contribution in [3.05, 3.63) is 52.5 Å². The lowest BCUT2D eigenvalue weighted by Gasteiger charge is -2.07. The Morgan fingerprint density at radius 3 is 2.92 bits per heavy atom. The van der Waals surface area contributed by atoms with E-state index in [1.54, 1.807) is 35.6 Å². The molecule has 0 unspecified atom stereocenters. The van der Waals surface area contributed by atoms with Crippen molar-refractivity contribution in [3.63, 3.8) is 0 Å². The van der Waals surface area contributed by atoms with Crippen LogP contribution >= 0.6 is 11.3 Å². The molecule has 0 aliphatic carbocycles. The zero-order valence-electron chi connectivity index (χ0n) is 14.2. The zero-order valence-corrected chi connectivity index (χ0v) is 15.0. The molecule has 1 aromatic carbocycles. The van der Waals surface area contributed by atoms with Crippen LogP contribution in [0.5, 0.6) is 0 Å². The first-order valence-corrected chi connectivity index (χ1v) is 9.13. The summed E-state index contributed by atoms with van der Waals surface area (Å²) in [7, 11) is 0. The smallest absolute Gasteiger partial charge is 0.251 e. The van der Waals surface area contributed by atoms with Gasteiger partial charge >= 0.3 is 0 Å². The van der Waals surface area contributed by atoms with Crippen LogP contribution in [0.15, 0.2) is 45.6 Å². The van der Waals surface area contributed by atoms with Crippen molar-refractivity contribution >= 4 is 28.8 Å². The normalized spacial score (nSPS) is 10.5. The predicted octanol–water partition coefficient (Wildman–Crippen LogP) is 3.12. The number of carbonyl (C=O) groups is 2. The molecule has 0 radical (unpaired) electrons. The van der Waals surface area contributed by atoms with Crippen molar-refractivity contribution in [3.8, 4) is 11.4 Å². The third kappa shape index (κ3) is 4.54. The zero-order chi connectivity index (χ0) is 18.4. The van der Waals surface area contributed by atoms with Gasteiger partial charge in [0.2, 0.25) is 17.6 Å². The third-order valence-electron chi connectivity index (χ3n) is 3.56. The molecule has 134 valence electrons. The quantitative estimate of drug-likeness (QED) is 0.666. The Labute approximate surface area is 154 Å². The third-order valence-corrected chi connectivity index (χ3v) is 4.24. The number of hydrogen-bond donors (Lipinski definition) is 2. The van der Waals surface area contributed by atoms with Gasteiger partial charge in [0.1, 0.15) is 0 Å². The molecular weight excluding hydrogens is 352 g/mol. The second kappa shape index (κ2) is 8.39. The number of aromatic nitrogens is 2. The van der Waals surface area contributed by atoms with Crippen LogP contribution in [0.2, 0.25) is 0 Å². The summed E-state index contributed by atoms with van der Waals surface area (Å²) in [5.41, 5.74) is 1.97. The van der Waals surface area contributed by atoms with Gasteiger partial charge in [0.15, 0.2) is 0 Å². The molecule has 8 heteroatoms. The number of anilines is 1. The monoisotopic (exact) mass is 370 g/mol. The van der Waals surface area contributed by atoms with Gasteiger partial charge in [-0.05, 0) is 36.6 Å². The first-order chi connectivity index (χ1) is 12.7. The minimum absolute atomic E-state index is 0.171. The van der Waals surface area contributed by atoms with Gasteiger partial charge < -0.3 is 15.2 Å². The Morgan fingerprint density at radius 1 is 1.27 bits per heavy atom. The van der Waals surface area contributed by atoms with Crippen LogP contribution in [0.4, 0.5) is 5.69 Å². The molecule has 0 fully saturated rings. The van der Waals surface area contributed by atoms with Crippen LogP contribution in [0.25, 0.3) is 11.4 Å². The molecule has 0 atom stereocenters. The molecule has 0 aliphatic heterocycles. The standard InChI is InChI=1S/C18H18N4O3S/c1-2-19-18(24)12-4-3-5-14(10-12)20-15(23)6-7-16-21-17(22-25-16)13-8-9-26-11-13/h3-5,8-11H,2,6-7H2,1H3,(H,19,24)(H,20,23). The van der Waals surface area contributed by atoms with Gasteiger partial charge in [0.25, 0.3) is 5.91 Å². The lowest BCUT2D eigenvalue weighted by molar-refractivity contribution is -0.116. The average molecular weight is 370 g/mol. The summed E-state index contributed by atoms with van der Waals surface area (Å²) in [4.78, 5) is 28.3. The van der Waals surface area contributed by atoms with E-state index in [1.165, 1.54) is 0 Å². The van der Waals surface area contributed by atoms with Crippen molar-refractivity contribution in [1.29, 1.82) is 0 Å². The summed E-state index contributed by atoms with van der Waals surface area (Å²) in [6, 6.07) is 8.72. The number of hydrogen-bond acceptors (Lipinski definition) is 6. The van der Waals surface area contributed by atoms with E-state index in [0.29, 0.717) is 35.9 Å². The summed E-state index contributed by atoms with van der Waals surface area (Å²) in [6.45, 7) is 2.40. The summed E-state index contributed by atoms with van der Waals surface area (Å²) >= 11 is 1.56. The van der Waals surface area contributed by atoms with Gasteiger partial charge in [-0.25, -0.2) is 0 Å². The first-order valence-electron chi connectivity index (χ1n) is 8.19. The Balaban J connectivity index is 1.54. The highest BCUT2D eigenvalue weighted by molar-refractivity contribution is 7.08.